The van der Waals surface area contributed by atoms with Gasteiger partial charge in [-0.25, -0.2) is 9.78 Å². The highest BCUT2D eigenvalue weighted by Crippen LogP contribution is 2.51. The number of benzene rings is 1. The first kappa shape index (κ1) is 21.7. The van der Waals surface area contributed by atoms with E-state index in [0.29, 0.717) is 25.6 Å². The van der Waals surface area contributed by atoms with Crippen LogP contribution in [0.3, 0.4) is 0 Å². The van der Waals surface area contributed by atoms with Crippen LogP contribution in [0.15, 0.2) is 24.3 Å². The third kappa shape index (κ3) is 3.58. The zero-order valence-electron chi connectivity index (χ0n) is 19.5. The Morgan fingerprint density at radius 2 is 2.03 bits per heavy atom. The molecule has 5 rings (SSSR count). The molecule has 0 aliphatic carbocycles. The Labute approximate surface area is 194 Å². The molecule has 32 heavy (non-hydrogen) atoms. The third-order valence-electron chi connectivity index (χ3n) is 7.17. The predicted octanol–water partition coefficient (Wildman–Crippen LogP) is 5.32. The fourth-order valence-electron chi connectivity index (χ4n) is 5.66. The second-order valence-corrected chi connectivity index (χ2v) is 11.6. The van der Waals surface area contributed by atoms with Crippen molar-refractivity contribution in [2.75, 3.05) is 25.4 Å². The summed E-state index contributed by atoms with van der Waals surface area (Å²) >= 11 is 2.07. The molecule has 4 heterocycles. The first-order valence-corrected chi connectivity index (χ1v) is 12.7. The summed E-state index contributed by atoms with van der Waals surface area (Å²) in [5.41, 5.74) is 2.84. The fourth-order valence-corrected chi connectivity index (χ4v) is 6.93. The van der Waals surface area contributed by atoms with Crippen molar-refractivity contribution in [2.45, 2.75) is 62.7 Å². The van der Waals surface area contributed by atoms with E-state index in [0.717, 1.165) is 42.7 Å². The number of hydrogen-bond donors (Lipinski definition) is 0. The number of carbonyl (C=O) groups is 1. The van der Waals surface area contributed by atoms with Gasteiger partial charge in [0.2, 0.25) is 0 Å². The van der Waals surface area contributed by atoms with Crippen molar-refractivity contribution in [2.24, 2.45) is 7.05 Å². The van der Waals surface area contributed by atoms with Crippen LogP contribution in [0.5, 0.6) is 5.75 Å². The van der Waals surface area contributed by atoms with Crippen LogP contribution in [0.4, 0.5) is 4.79 Å². The third-order valence-corrected chi connectivity index (χ3v) is 8.56. The van der Waals surface area contributed by atoms with Gasteiger partial charge in [-0.2, -0.15) is 11.8 Å². The van der Waals surface area contributed by atoms with Gasteiger partial charge in [-0.15, -0.1) is 0 Å². The molecule has 0 N–H and O–H groups in total. The number of hydrogen-bond acceptors (Lipinski definition) is 5. The molecular weight excluding hydrogens is 422 g/mol. The second-order valence-electron chi connectivity index (χ2n) is 9.80. The van der Waals surface area contributed by atoms with Crippen molar-refractivity contribution in [1.82, 2.24) is 14.5 Å². The SMILES string of the molecule is CCOC(=O)N1CCC2(CC1)Oc1ccccc1-c1nc(C3CCSC(C)(C)C3)n(C)c12. The number of fused-ring (bicyclic) bond motifs is 4. The number of imidazole rings is 1. The largest absolute Gasteiger partial charge is 0.480 e. The van der Waals surface area contributed by atoms with Gasteiger partial charge in [0, 0.05) is 49.2 Å². The quantitative estimate of drug-likeness (QED) is 0.614. The molecule has 1 aromatic heterocycles. The van der Waals surface area contributed by atoms with Crippen LogP contribution in [0.1, 0.15) is 63.9 Å². The molecule has 7 heteroatoms. The van der Waals surface area contributed by atoms with Crippen LogP contribution in [0.25, 0.3) is 11.3 Å². The lowest BCUT2D eigenvalue weighted by molar-refractivity contribution is -0.0102. The van der Waals surface area contributed by atoms with Crippen LogP contribution < -0.4 is 4.74 Å². The first-order chi connectivity index (χ1) is 15.3. The van der Waals surface area contributed by atoms with Gasteiger partial charge in [-0.3, -0.25) is 0 Å². The van der Waals surface area contributed by atoms with Crippen LogP contribution in [0, 0.1) is 0 Å². The van der Waals surface area contributed by atoms with Gasteiger partial charge in [0.25, 0.3) is 0 Å². The maximum atomic E-state index is 12.3. The molecule has 2 fully saturated rings. The van der Waals surface area contributed by atoms with Crippen molar-refractivity contribution in [3.63, 3.8) is 0 Å². The molecule has 0 saturated carbocycles. The maximum absolute atomic E-state index is 12.3. The monoisotopic (exact) mass is 455 g/mol. The summed E-state index contributed by atoms with van der Waals surface area (Å²) in [7, 11) is 2.16. The van der Waals surface area contributed by atoms with E-state index in [-0.39, 0.29) is 10.8 Å². The number of aromatic nitrogens is 2. The van der Waals surface area contributed by atoms with Crippen LogP contribution >= 0.6 is 11.8 Å². The Bertz CT molecular complexity index is 1020. The van der Waals surface area contributed by atoms with Gasteiger partial charge in [0.05, 0.1) is 18.0 Å². The molecule has 2 saturated heterocycles. The average molecular weight is 456 g/mol. The van der Waals surface area contributed by atoms with E-state index in [4.69, 9.17) is 14.5 Å². The van der Waals surface area contributed by atoms with Gasteiger partial charge >= 0.3 is 6.09 Å². The minimum absolute atomic E-state index is 0.230. The summed E-state index contributed by atoms with van der Waals surface area (Å²) in [6, 6.07) is 8.25. The van der Waals surface area contributed by atoms with Crippen LogP contribution in [-0.2, 0) is 17.4 Å². The highest BCUT2D eigenvalue weighted by molar-refractivity contribution is 8.00. The summed E-state index contributed by atoms with van der Waals surface area (Å²) in [5.74, 6) is 3.69. The van der Waals surface area contributed by atoms with Crippen molar-refractivity contribution in [3.8, 4) is 17.0 Å². The zero-order valence-corrected chi connectivity index (χ0v) is 20.3. The number of nitrogens with zero attached hydrogens (tertiary/aromatic N) is 3. The topological polar surface area (TPSA) is 56.6 Å². The van der Waals surface area contributed by atoms with Gasteiger partial charge in [-0.1, -0.05) is 26.0 Å². The number of ether oxygens (including phenoxy) is 2. The minimum atomic E-state index is -0.467. The van der Waals surface area contributed by atoms with E-state index < -0.39 is 5.60 Å². The summed E-state index contributed by atoms with van der Waals surface area (Å²) in [6.07, 6.45) is 3.53. The Balaban J connectivity index is 1.54. The fraction of sp³-hybridized carbons (Fsp3) is 0.600. The van der Waals surface area contributed by atoms with Gasteiger partial charge < -0.3 is 18.9 Å². The molecule has 6 nitrogen and oxygen atoms in total. The summed E-state index contributed by atoms with van der Waals surface area (Å²) < 4.78 is 14.6. The van der Waals surface area contributed by atoms with E-state index in [1.807, 2.05) is 19.1 Å². The van der Waals surface area contributed by atoms with Gasteiger partial charge in [-0.05, 0) is 37.7 Å². The summed E-state index contributed by atoms with van der Waals surface area (Å²) in [6.45, 7) is 8.17. The molecule has 1 aromatic carbocycles. The predicted molar refractivity (Wildman–Crippen MR) is 127 cm³/mol. The highest BCUT2D eigenvalue weighted by atomic mass is 32.2. The van der Waals surface area contributed by atoms with Crippen molar-refractivity contribution >= 4 is 17.9 Å². The molecule has 3 aliphatic heterocycles. The Kier molecular flexibility index (Phi) is 5.43. The summed E-state index contributed by atoms with van der Waals surface area (Å²) in [4.78, 5) is 19.4. The molecular formula is C25H33N3O3S. The Morgan fingerprint density at radius 1 is 1.28 bits per heavy atom. The minimum Gasteiger partial charge on any atom is -0.480 e. The summed E-state index contributed by atoms with van der Waals surface area (Å²) in [5, 5.41) is 0. The molecule has 1 spiro atoms. The van der Waals surface area contributed by atoms with Crippen molar-refractivity contribution < 1.29 is 14.3 Å². The molecule has 0 radical (unpaired) electrons. The van der Waals surface area contributed by atoms with E-state index in [1.54, 1.807) is 4.90 Å². The molecule has 1 amide bonds. The van der Waals surface area contributed by atoms with E-state index >= 15 is 0 Å². The highest BCUT2D eigenvalue weighted by Gasteiger charge is 2.48. The number of amides is 1. The van der Waals surface area contributed by atoms with Crippen molar-refractivity contribution in [1.29, 1.82) is 0 Å². The molecule has 1 unspecified atom stereocenters. The Hall–Kier alpha value is -2.15. The lowest BCUT2D eigenvalue weighted by atomic mass is 9.83. The number of thioether (sulfide) groups is 1. The Morgan fingerprint density at radius 3 is 2.75 bits per heavy atom. The number of rotatable bonds is 2. The van der Waals surface area contributed by atoms with Gasteiger partial charge in [0.1, 0.15) is 11.6 Å². The standard InChI is InChI=1S/C25H33N3O3S/c1-5-30-23(29)28-13-11-25(12-14-28)21-20(18-8-6-7-9-19(18)31-25)26-22(27(21)4)17-10-15-32-24(2,3)16-17/h6-9,17H,5,10-16H2,1-4H3. The number of piperidine rings is 1. The van der Waals surface area contributed by atoms with Crippen LogP contribution in [-0.4, -0.2) is 50.7 Å². The van der Waals surface area contributed by atoms with Crippen molar-refractivity contribution in [3.05, 3.63) is 35.8 Å². The van der Waals surface area contributed by atoms with Crippen LogP contribution in [0.2, 0.25) is 0 Å². The number of para-hydroxylation sites is 1. The van der Waals surface area contributed by atoms with E-state index in [9.17, 15) is 4.79 Å². The number of carbonyl (C=O) groups excluding carboxylic acids is 1. The molecule has 2 aromatic rings. The second kappa shape index (κ2) is 8.01. The first-order valence-electron chi connectivity index (χ1n) is 11.7. The lowest BCUT2D eigenvalue weighted by Crippen LogP contribution is -2.50. The smallest absolute Gasteiger partial charge is 0.409 e. The van der Waals surface area contributed by atoms with Gasteiger partial charge in [0.15, 0.2) is 5.60 Å². The maximum Gasteiger partial charge on any atom is 0.409 e. The van der Waals surface area contributed by atoms with E-state index in [2.05, 4.69) is 49.4 Å². The average Bonchev–Trinajstić information content (AvgIpc) is 3.12. The molecule has 172 valence electrons. The molecule has 0 bridgehead atoms. The molecule has 3 aliphatic rings. The van der Waals surface area contributed by atoms with E-state index in [1.165, 1.54) is 17.3 Å². The normalized spacial score (nSPS) is 23.2. The number of likely N-dealkylation sites (tertiary alicyclic amines) is 1. The zero-order chi connectivity index (χ0) is 22.5. The lowest BCUT2D eigenvalue weighted by Gasteiger charge is -2.44. The molecule has 1 atom stereocenters.